The van der Waals surface area contributed by atoms with E-state index in [1.54, 1.807) is 0 Å². The zero-order valence-electron chi connectivity index (χ0n) is 5.92. The Morgan fingerprint density at radius 2 is 2.09 bits per heavy atom. The van der Waals surface area contributed by atoms with E-state index in [1.165, 1.54) is 7.05 Å². The first kappa shape index (κ1) is 9.67. The van der Waals surface area contributed by atoms with Crippen LogP contribution in [0.5, 0.6) is 0 Å². The van der Waals surface area contributed by atoms with Crippen LogP contribution < -0.4 is 11.5 Å². The first-order chi connectivity index (χ1) is 5.07. The summed E-state index contributed by atoms with van der Waals surface area (Å²) < 4.78 is 26.7. The monoisotopic (exact) mass is 165 g/mol. The van der Waals surface area contributed by atoms with Crippen LogP contribution in [0, 0.1) is 0 Å². The van der Waals surface area contributed by atoms with Crippen LogP contribution in [0.4, 0.5) is 8.78 Å². The van der Waals surface area contributed by atoms with Crippen LogP contribution in [-0.4, -0.2) is 19.9 Å². The fraction of sp³-hybridized carbons (Fsp3) is 0.400. The largest absolute Gasteiger partial charge is 0.417 e. The Kier molecular flexibility index (Phi) is 3.94. The van der Waals surface area contributed by atoms with Crippen LogP contribution in [0.3, 0.4) is 0 Å². The second kappa shape index (κ2) is 4.48. The maximum absolute atomic E-state index is 11.4. The maximum Gasteiger partial charge on any atom is 0.388 e. The lowest BCUT2D eigenvalue weighted by Crippen LogP contribution is -2.15. The molecule has 0 aromatic rings. The van der Waals surface area contributed by atoms with Gasteiger partial charge in [0.2, 0.25) is 5.88 Å². The Bertz CT molecular complexity index is 179. The molecular formula is C5H9F2N3O. The number of nitrogens with two attached hydrogens (primary N) is 2. The third-order valence-corrected chi connectivity index (χ3v) is 0.769. The number of nitrogens with zero attached hydrogens (tertiary/aromatic N) is 1. The summed E-state index contributed by atoms with van der Waals surface area (Å²) in [5.41, 5.74) is 9.97. The molecule has 0 saturated heterocycles. The molecule has 0 aliphatic heterocycles. The van der Waals surface area contributed by atoms with Crippen molar-refractivity contribution < 1.29 is 13.5 Å². The van der Waals surface area contributed by atoms with E-state index in [0.717, 1.165) is 6.21 Å². The molecule has 0 aliphatic carbocycles. The van der Waals surface area contributed by atoms with E-state index in [9.17, 15) is 8.78 Å². The summed E-state index contributed by atoms with van der Waals surface area (Å²) in [6.07, 6.45) is 1.12. The number of hydrogen-bond donors (Lipinski definition) is 2. The van der Waals surface area contributed by atoms with Crippen molar-refractivity contribution in [1.82, 2.24) is 0 Å². The summed E-state index contributed by atoms with van der Waals surface area (Å²) in [6, 6.07) is 0. The van der Waals surface area contributed by atoms with Crippen LogP contribution in [-0.2, 0) is 4.74 Å². The molecule has 0 saturated carbocycles. The summed E-state index contributed by atoms with van der Waals surface area (Å²) in [5, 5.41) is 0. The van der Waals surface area contributed by atoms with Gasteiger partial charge in [-0.15, -0.1) is 0 Å². The topological polar surface area (TPSA) is 73.6 Å². The van der Waals surface area contributed by atoms with Crippen LogP contribution in [0.15, 0.2) is 16.6 Å². The number of ether oxygens (including phenoxy) is 1. The quantitative estimate of drug-likeness (QED) is 0.457. The summed E-state index contributed by atoms with van der Waals surface area (Å²) in [4.78, 5) is 3.45. The number of hydrogen-bond acceptors (Lipinski definition) is 4. The van der Waals surface area contributed by atoms with Gasteiger partial charge in [-0.1, -0.05) is 0 Å². The summed E-state index contributed by atoms with van der Waals surface area (Å²) >= 11 is 0. The van der Waals surface area contributed by atoms with Gasteiger partial charge in [-0.2, -0.15) is 8.78 Å². The lowest BCUT2D eigenvalue weighted by atomic mass is 10.5. The SMILES string of the molecule is CN=CC(N)=C(N)OC(F)F. The standard InChI is InChI=1S/C5H9F2N3O/c1-10-2-3(8)4(9)11-5(6)7/h2,5H,8-9H2,1H3. The molecule has 0 atom stereocenters. The van der Waals surface area contributed by atoms with Gasteiger partial charge in [-0.3, -0.25) is 4.99 Å². The minimum atomic E-state index is -2.96. The fourth-order valence-electron chi connectivity index (χ4n) is 0.367. The molecule has 4 nitrogen and oxygen atoms in total. The van der Waals surface area contributed by atoms with E-state index in [2.05, 4.69) is 9.73 Å². The molecule has 0 radical (unpaired) electrons. The van der Waals surface area contributed by atoms with Crippen LogP contribution in [0.25, 0.3) is 0 Å². The summed E-state index contributed by atoms with van der Waals surface area (Å²) in [5.74, 6) is -0.523. The van der Waals surface area contributed by atoms with E-state index in [4.69, 9.17) is 11.5 Å². The van der Waals surface area contributed by atoms with Crippen molar-refractivity contribution >= 4 is 6.21 Å². The molecule has 6 heteroatoms. The smallest absolute Gasteiger partial charge is 0.388 e. The molecule has 0 aromatic carbocycles. The predicted molar refractivity (Wildman–Crippen MR) is 36.9 cm³/mol. The minimum Gasteiger partial charge on any atom is -0.417 e. The zero-order chi connectivity index (χ0) is 8.85. The second-order valence-corrected chi connectivity index (χ2v) is 1.59. The third-order valence-electron chi connectivity index (χ3n) is 0.769. The summed E-state index contributed by atoms with van der Waals surface area (Å²) in [7, 11) is 1.43. The molecule has 0 fully saturated rings. The Morgan fingerprint density at radius 3 is 2.45 bits per heavy atom. The molecule has 4 N–H and O–H groups in total. The molecule has 0 heterocycles. The predicted octanol–water partition coefficient (Wildman–Crippen LogP) is 0.0127. The Balaban J connectivity index is 4.16. The number of rotatable bonds is 3. The fourth-order valence-corrected chi connectivity index (χ4v) is 0.367. The van der Waals surface area contributed by atoms with Crippen LogP contribution in [0.1, 0.15) is 0 Å². The van der Waals surface area contributed by atoms with Gasteiger partial charge in [0.15, 0.2) is 0 Å². The highest BCUT2D eigenvalue weighted by Gasteiger charge is 2.05. The number of halogens is 2. The van der Waals surface area contributed by atoms with Gasteiger partial charge >= 0.3 is 6.61 Å². The highest BCUT2D eigenvalue weighted by molar-refractivity contribution is 5.77. The zero-order valence-corrected chi connectivity index (χ0v) is 5.92. The molecule has 0 rings (SSSR count). The van der Waals surface area contributed by atoms with E-state index in [1.807, 2.05) is 0 Å². The molecular weight excluding hydrogens is 156 g/mol. The van der Waals surface area contributed by atoms with Crippen molar-refractivity contribution in [3.8, 4) is 0 Å². The second-order valence-electron chi connectivity index (χ2n) is 1.59. The molecule has 0 aromatic heterocycles. The van der Waals surface area contributed by atoms with Gasteiger partial charge in [0.25, 0.3) is 0 Å². The molecule has 11 heavy (non-hydrogen) atoms. The van der Waals surface area contributed by atoms with Gasteiger partial charge in [0, 0.05) is 13.3 Å². The average Bonchev–Trinajstić information content (AvgIpc) is 1.86. The molecule has 0 aliphatic rings. The van der Waals surface area contributed by atoms with Gasteiger partial charge in [-0.25, -0.2) is 0 Å². The van der Waals surface area contributed by atoms with Crippen molar-refractivity contribution in [2.75, 3.05) is 7.05 Å². The number of alkyl halides is 2. The van der Waals surface area contributed by atoms with Gasteiger partial charge in [0.1, 0.15) is 5.70 Å². The average molecular weight is 165 g/mol. The van der Waals surface area contributed by atoms with Crippen molar-refractivity contribution in [2.45, 2.75) is 6.61 Å². The molecule has 64 valence electrons. The number of allylic oxidation sites excluding steroid dienone is 1. The first-order valence-electron chi connectivity index (χ1n) is 2.70. The molecule has 0 bridgehead atoms. The van der Waals surface area contributed by atoms with Gasteiger partial charge in [0.05, 0.1) is 0 Å². The van der Waals surface area contributed by atoms with Crippen LogP contribution >= 0.6 is 0 Å². The van der Waals surface area contributed by atoms with Crippen molar-refractivity contribution in [3.63, 3.8) is 0 Å². The first-order valence-corrected chi connectivity index (χ1v) is 2.70. The normalized spacial score (nSPS) is 13.8. The van der Waals surface area contributed by atoms with E-state index < -0.39 is 12.5 Å². The number of aliphatic imine (C=N–C) groups is 1. The summed E-state index contributed by atoms with van der Waals surface area (Å²) in [6.45, 7) is -2.96. The van der Waals surface area contributed by atoms with Crippen molar-refractivity contribution in [3.05, 3.63) is 11.6 Å². The van der Waals surface area contributed by atoms with E-state index >= 15 is 0 Å². The maximum atomic E-state index is 11.4. The van der Waals surface area contributed by atoms with Crippen molar-refractivity contribution in [1.29, 1.82) is 0 Å². The Morgan fingerprint density at radius 1 is 1.55 bits per heavy atom. The Labute approximate surface area is 62.5 Å². The van der Waals surface area contributed by atoms with Crippen molar-refractivity contribution in [2.24, 2.45) is 16.5 Å². The third kappa shape index (κ3) is 4.12. The molecule has 0 unspecified atom stereocenters. The molecule has 0 spiro atoms. The van der Waals surface area contributed by atoms with E-state index in [-0.39, 0.29) is 5.70 Å². The van der Waals surface area contributed by atoms with Gasteiger partial charge < -0.3 is 16.2 Å². The molecule has 0 amide bonds. The van der Waals surface area contributed by atoms with Crippen LogP contribution in [0.2, 0.25) is 0 Å². The van der Waals surface area contributed by atoms with E-state index in [0.29, 0.717) is 0 Å². The lowest BCUT2D eigenvalue weighted by Gasteiger charge is -2.04. The van der Waals surface area contributed by atoms with Gasteiger partial charge in [-0.05, 0) is 0 Å². The highest BCUT2D eigenvalue weighted by Crippen LogP contribution is 2.00. The minimum absolute atomic E-state index is 0.118. The Hall–Kier alpha value is -1.33. The highest BCUT2D eigenvalue weighted by atomic mass is 19.3. The lowest BCUT2D eigenvalue weighted by molar-refractivity contribution is -0.0974.